The summed E-state index contributed by atoms with van der Waals surface area (Å²) in [5, 5.41) is 8.03. The number of hydrogen-bond donors (Lipinski definition) is 3. The van der Waals surface area contributed by atoms with Crippen molar-refractivity contribution >= 4 is 17.8 Å². The molecule has 0 spiro atoms. The van der Waals surface area contributed by atoms with Gasteiger partial charge in [0.2, 0.25) is 11.9 Å². The first-order chi connectivity index (χ1) is 8.52. The van der Waals surface area contributed by atoms with Gasteiger partial charge in [0.1, 0.15) is 5.69 Å². The molecule has 7 nitrogen and oxygen atoms in total. The zero-order valence-corrected chi connectivity index (χ0v) is 10.7. The number of hydrogen-bond acceptors (Lipinski definition) is 5. The molecule has 1 aromatic rings. The number of anilines is 1. The van der Waals surface area contributed by atoms with Gasteiger partial charge in [0.15, 0.2) is 0 Å². The van der Waals surface area contributed by atoms with E-state index in [4.69, 9.17) is 0 Å². The molecule has 0 atom stereocenters. The zero-order chi connectivity index (χ0) is 13.5. The monoisotopic (exact) mass is 251 g/mol. The Morgan fingerprint density at radius 1 is 1.22 bits per heavy atom. The van der Waals surface area contributed by atoms with E-state index in [0.29, 0.717) is 30.4 Å². The van der Waals surface area contributed by atoms with Gasteiger partial charge in [-0.25, -0.2) is 9.97 Å². The molecule has 1 aromatic heterocycles. The Hall–Kier alpha value is -2.18. The van der Waals surface area contributed by atoms with Crippen LogP contribution in [0.2, 0.25) is 0 Å². The summed E-state index contributed by atoms with van der Waals surface area (Å²) in [6.07, 6.45) is 0. The summed E-state index contributed by atoms with van der Waals surface area (Å²) in [4.78, 5) is 30.5. The number of aryl methyl sites for hydroxylation is 1. The minimum atomic E-state index is -0.289. The van der Waals surface area contributed by atoms with Crippen LogP contribution in [-0.2, 0) is 4.79 Å². The predicted octanol–water partition coefficient (Wildman–Crippen LogP) is -0.307. The Morgan fingerprint density at radius 3 is 2.50 bits per heavy atom. The third-order valence-electron chi connectivity index (χ3n) is 2.09. The molecule has 0 saturated heterocycles. The highest BCUT2D eigenvalue weighted by atomic mass is 16.2. The van der Waals surface area contributed by atoms with E-state index in [-0.39, 0.29) is 11.8 Å². The van der Waals surface area contributed by atoms with Crippen LogP contribution >= 0.6 is 0 Å². The molecule has 1 rings (SSSR count). The van der Waals surface area contributed by atoms with Crippen molar-refractivity contribution in [2.24, 2.45) is 0 Å². The number of amides is 2. The van der Waals surface area contributed by atoms with E-state index in [1.54, 1.807) is 20.0 Å². The Kier molecular flexibility index (Phi) is 5.04. The van der Waals surface area contributed by atoms with Crippen LogP contribution in [0.1, 0.15) is 23.1 Å². The van der Waals surface area contributed by atoms with Crippen molar-refractivity contribution in [2.75, 3.05) is 25.5 Å². The van der Waals surface area contributed by atoms with Gasteiger partial charge in [-0.3, -0.25) is 9.59 Å². The fourth-order valence-corrected chi connectivity index (χ4v) is 1.30. The zero-order valence-electron chi connectivity index (χ0n) is 10.7. The molecule has 0 bridgehead atoms. The standard InChI is InChI=1S/C11H17N5O2/c1-7-6-9(16-11(12-3)15-7)10(18)14-5-4-13-8(2)17/h6H,4-5H2,1-3H3,(H,13,17)(H,14,18)(H,12,15,16). The second-order valence-corrected chi connectivity index (χ2v) is 3.71. The van der Waals surface area contributed by atoms with Crippen LogP contribution in [0.5, 0.6) is 0 Å². The second-order valence-electron chi connectivity index (χ2n) is 3.71. The second kappa shape index (κ2) is 6.53. The fraction of sp³-hybridized carbons (Fsp3) is 0.455. The van der Waals surface area contributed by atoms with Crippen molar-refractivity contribution in [1.29, 1.82) is 0 Å². The van der Waals surface area contributed by atoms with E-state index in [1.807, 2.05) is 0 Å². The molecule has 3 N–H and O–H groups in total. The Morgan fingerprint density at radius 2 is 1.89 bits per heavy atom. The third-order valence-corrected chi connectivity index (χ3v) is 2.09. The summed E-state index contributed by atoms with van der Waals surface area (Å²) < 4.78 is 0. The van der Waals surface area contributed by atoms with Crippen LogP contribution in [0.3, 0.4) is 0 Å². The van der Waals surface area contributed by atoms with Crippen LogP contribution in [0, 0.1) is 6.92 Å². The van der Waals surface area contributed by atoms with Crippen molar-refractivity contribution in [3.8, 4) is 0 Å². The molecule has 0 aliphatic heterocycles. The van der Waals surface area contributed by atoms with E-state index in [1.165, 1.54) is 6.92 Å². The molecule has 0 saturated carbocycles. The SMILES string of the molecule is CNc1nc(C)cc(C(=O)NCCNC(C)=O)n1. The van der Waals surface area contributed by atoms with Crippen LogP contribution in [0.15, 0.2) is 6.07 Å². The molecule has 7 heteroatoms. The number of carbonyl (C=O) groups excluding carboxylic acids is 2. The summed E-state index contributed by atoms with van der Waals surface area (Å²) in [5.74, 6) is -0.0102. The lowest BCUT2D eigenvalue weighted by Gasteiger charge is -2.07. The van der Waals surface area contributed by atoms with Crippen molar-refractivity contribution in [3.05, 3.63) is 17.5 Å². The molecular weight excluding hydrogens is 234 g/mol. The highest BCUT2D eigenvalue weighted by molar-refractivity contribution is 5.92. The Labute approximate surface area is 105 Å². The van der Waals surface area contributed by atoms with E-state index in [0.717, 1.165) is 0 Å². The molecule has 98 valence electrons. The molecule has 2 amide bonds. The summed E-state index contributed by atoms with van der Waals surface area (Å²) in [7, 11) is 1.69. The largest absolute Gasteiger partial charge is 0.357 e. The molecule has 0 aliphatic carbocycles. The number of aromatic nitrogens is 2. The minimum absolute atomic E-state index is 0.125. The van der Waals surface area contributed by atoms with Gasteiger partial charge < -0.3 is 16.0 Å². The van der Waals surface area contributed by atoms with Gasteiger partial charge in [-0.15, -0.1) is 0 Å². The van der Waals surface area contributed by atoms with Crippen molar-refractivity contribution < 1.29 is 9.59 Å². The molecule has 0 aliphatic rings. The highest BCUT2D eigenvalue weighted by Gasteiger charge is 2.09. The van der Waals surface area contributed by atoms with Gasteiger partial charge in [-0.05, 0) is 13.0 Å². The quantitative estimate of drug-likeness (QED) is 0.624. The number of rotatable bonds is 5. The van der Waals surface area contributed by atoms with Crippen molar-refractivity contribution in [3.63, 3.8) is 0 Å². The average molecular weight is 251 g/mol. The molecule has 0 radical (unpaired) electrons. The van der Waals surface area contributed by atoms with Crippen LogP contribution < -0.4 is 16.0 Å². The number of nitrogens with one attached hydrogen (secondary N) is 3. The van der Waals surface area contributed by atoms with E-state index < -0.39 is 0 Å². The first kappa shape index (κ1) is 13.9. The van der Waals surface area contributed by atoms with E-state index >= 15 is 0 Å². The van der Waals surface area contributed by atoms with Gasteiger partial charge in [0.25, 0.3) is 5.91 Å². The topological polar surface area (TPSA) is 96.0 Å². The minimum Gasteiger partial charge on any atom is -0.357 e. The molecule has 0 unspecified atom stereocenters. The maximum atomic E-state index is 11.8. The van der Waals surface area contributed by atoms with Gasteiger partial charge in [-0.1, -0.05) is 0 Å². The Balaban J connectivity index is 2.55. The lowest BCUT2D eigenvalue weighted by Crippen LogP contribution is -2.34. The summed E-state index contributed by atoms with van der Waals surface area (Å²) in [6.45, 7) is 3.96. The third kappa shape index (κ3) is 4.36. The molecular formula is C11H17N5O2. The molecule has 1 heterocycles. The first-order valence-electron chi connectivity index (χ1n) is 5.59. The lowest BCUT2D eigenvalue weighted by molar-refractivity contribution is -0.118. The van der Waals surface area contributed by atoms with Crippen molar-refractivity contribution in [1.82, 2.24) is 20.6 Å². The molecule has 18 heavy (non-hydrogen) atoms. The number of nitrogens with zero attached hydrogens (tertiary/aromatic N) is 2. The van der Waals surface area contributed by atoms with Gasteiger partial charge in [0.05, 0.1) is 0 Å². The summed E-state index contributed by atoms with van der Waals surface area (Å²) in [5.41, 5.74) is 1.01. The highest BCUT2D eigenvalue weighted by Crippen LogP contribution is 2.03. The lowest BCUT2D eigenvalue weighted by atomic mass is 10.3. The van der Waals surface area contributed by atoms with Gasteiger partial charge in [-0.2, -0.15) is 0 Å². The number of carbonyl (C=O) groups is 2. The normalized spacial score (nSPS) is 9.72. The van der Waals surface area contributed by atoms with E-state index in [2.05, 4.69) is 25.9 Å². The van der Waals surface area contributed by atoms with Crippen LogP contribution in [0.25, 0.3) is 0 Å². The first-order valence-corrected chi connectivity index (χ1v) is 5.59. The maximum absolute atomic E-state index is 11.8. The smallest absolute Gasteiger partial charge is 0.270 e. The summed E-state index contributed by atoms with van der Waals surface area (Å²) in [6, 6.07) is 1.61. The average Bonchev–Trinajstić information content (AvgIpc) is 2.33. The molecule has 0 fully saturated rings. The van der Waals surface area contributed by atoms with Crippen molar-refractivity contribution in [2.45, 2.75) is 13.8 Å². The van der Waals surface area contributed by atoms with E-state index in [9.17, 15) is 9.59 Å². The Bertz CT molecular complexity index is 447. The van der Waals surface area contributed by atoms with Crippen LogP contribution in [-0.4, -0.2) is 41.9 Å². The summed E-state index contributed by atoms with van der Waals surface area (Å²) >= 11 is 0. The fourth-order valence-electron chi connectivity index (χ4n) is 1.30. The predicted molar refractivity (Wildman–Crippen MR) is 67.3 cm³/mol. The van der Waals surface area contributed by atoms with Crippen LogP contribution in [0.4, 0.5) is 5.95 Å². The van der Waals surface area contributed by atoms with Gasteiger partial charge in [0, 0.05) is 32.8 Å². The van der Waals surface area contributed by atoms with Gasteiger partial charge >= 0.3 is 0 Å². The maximum Gasteiger partial charge on any atom is 0.270 e. The molecule has 0 aromatic carbocycles.